The third kappa shape index (κ3) is 3.98. The van der Waals surface area contributed by atoms with E-state index in [1.165, 1.54) is 6.42 Å². The Morgan fingerprint density at radius 3 is 1.89 bits per heavy atom. The summed E-state index contributed by atoms with van der Waals surface area (Å²) in [6.07, 6.45) is 1.23. The molecule has 58 valence electrons. The van der Waals surface area contributed by atoms with Crippen molar-refractivity contribution in [2.75, 3.05) is 6.54 Å². The maximum atomic E-state index is 3.15. The lowest BCUT2D eigenvalue weighted by Crippen LogP contribution is -2.37. The Morgan fingerprint density at radius 1 is 1.22 bits per heavy atom. The molecular formula is C5H14Cl2N2. The number of hydrogen-bond donors (Lipinski definition) is 2. The Hall–Kier alpha value is 0.500. The Balaban J connectivity index is 0. The molecule has 1 heterocycles. The Morgan fingerprint density at radius 2 is 1.78 bits per heavy atom. The molecule has 2 nitrogen and oxygen atoms in total. The van der Waals surface area contributed by atoms with Gasteiger partial charge in [-0.3, -0.25) is 10.9 Å². The minimum Gasteiger partial charge on any atom is -0.257 e. The number of hydrazine groups is 1. The SMILES string of the molecule is CC1(C)CCNN1.Cl.Cl. The van der Waals surface area contributed by atoms with Crippen molar-refractivity contribution in [2.45, 2.75) is 25.8 Å². The van der Waals surface area contributed by atoms with E-state index in [1.54, 1.807) is 0 Å². The van der Waals surface area contributed by atoms with Crippen molar-refractivity contribution in [3.05, 3.63) is 0 Å². The highest BCUT2D eigenvalue weighted by Crippen LogP contribution is 2.08. The molecule has 0 atom stereocenters. The maximum absolute atomic E-state index is 3.15. The van der Waals surface area contributed by atoms with E-state index in [1.807, 2.05) is 0 Å². The summed E-state index contributed by atoms with van der Waals surface area (Å²) in [4.78, 5) is 0. The van der Waals surface area contributed by atoms with Gasteiger partial charge >= 0.3 is 0 Å². The molecule has 0 bridgehead atoms. The molecule has 1 fully saturated rings. The molecule has 9 heavy (non-hydrogen) atoms. The van der Waals surface area contributed by atoms with E-state index in [2.05, 4.69) is 24.7 Å². The highest BCUT2D eigenvalue weighted by molar-refractivity contribution is 5.85. The van der Waals surface area contributed by atoms with Crippen LogP contribution in [0.1, 0.15) is 20.3 Å². The average molecular weight is 173 g/mol. The molecule has 0 spiro atoms. The number of nitrogens with one attached hydrogen (secondary N) is 2. The van der Waals surface area contributed by atoms with Gasteiger partial charge < -0.3 is 0 Å². The van der Waals surface area contributed by atoms with Crippen LogP contribution in [-0.2, 0) is 0 Å². The minimum absolute atomic E-state index is 0. The number of halogens is 2. The fourth-order valence-electron chi connectivity index (χ4n) is 0.739. The highest BCUT2D eigenvalue weighted by Gasteiger charge is 2.20. The lowest BCUT2D eigenvalue weighted by molar-refractivity contribution is 0.431. The van der Waals surface area contributed by atoms with Crippen LogP contribution in [0, 0.1) is 0 Å². The van der Waals surface area contributed by atoms with E-state index >= 15 is 0 Å². The van der Waals surface area contributed by atoms with E-state index < -0.39 is 0 Å². The second-order valence-corrected chi connectivity index (χ2v) is 2.69. The van der Waals surface area contributed by atoms with Crippen molar-refractivity contribution in [3.63, 3.8) is 0 Å². The summed E-state index contributed by atoms with van der Waals surface area (Å²) in [5.41, 5.74) is 6.54. The molecule has 0 aliphatic carbocycles. The fraction of sp³-hybridized carbons (Fsp3) is 1.00. The van der Waals surface area contributed by atoms with Crippen molar-refractivity contribution in [2.24, 2.45) is 0 Å². The topological polar surface area (TPSA) is 24.1 Å². The summed E-state index contributed by atoms with van der Waals surface area (Å²) in [5, 5.41) is 0. The van der Waals surface area contributed by atoms with E-state index in [4.69, 9.17) is 0 Å². The van der Waals surface area contributed by atoms with E-state index in [0.29, 0.717) is 5.54 Å². The van der Waals surface area contributed by atoms with Gasteiger partial charge in [0.1, 0.15) is 0 Å². The first-order valence-electron chi connectivity index (χ1n) is 2.71. The van der Waals surface area contributed by atoms with Gasteiger partial charge in [0.25, 0.3) is 0 Å². The summed E-state index contributed by atoms with van der Waals surface area (Å²) in [7, 11) is 0. The van der Waals surface area contributed by atoms with Crippen LogP contribution in [0.15, 0.2) is 0 Å². The summed E-state index contributed by atoms with van der Waals surface area (Å²) in [6.45, 7) is 5.48. The molecule has 4 heteroatoms. The highest BCUT2D eigenvalue weighted by atomic mass is 35.5. The molecule has 0 aromatic carbocycles. The molecule has 1 saturated heterocycles. The van der Waals surface area contributed by atoms with Crippen molar-refractivity contribution in [3.8, 4) is 0 Å². The Kier molecular flexibility index (Phi) is 5.88. The third-order valence-electron chi connectivity index (χ3n) is 1.30. The smallest absolute Gasteiger partial charge is 0.0280 e. The van der Waals surface area contributed by atoms with Crippen LogP contribution in [0.25, 0.3) is 0 Å². The van der Waals surface area contributed by atoms with Crippen molar-refractivity contribution >= 4 is 24.8 Å². The molecule has 1 aliphatic heterocycles. The van der Waals surface area contributed by atoms with Crippen molar-refractivity contribution in [1.82, 2.24) is 10.9 Å². The zero-order chi connectivity index (χ0) is 5.33. The quantitative estimate of drug-likeness (QED) is 0.573. The minimum atomic E-state index is 0. The van der Waals surface area contributed by atoms with Crippen LogP contribution in [0.4, 0.5) is 0 Å². The van der Waals surface area contributed by atoms with Gasteiger partial charge in [-0.15, -0.1) is 24.8 Å². The Labute approximate surface area is 68.6 Å². The zero-order valence-corrected chi connectivity index (χ0v) is 7.36. The van der Waals surface area contributed by atoms with E-state index in [0.717, 1.165) is 6.54 Å². The Bertz CT molecular complexity index is 67.4. The van der Waals surface area contributed by atoms with Gasteiger partial charge in [0.2, 0.25) is 0 Å². The molecule has 1 aliphatic rings. The fourth-order valence-corrected chi connectivity index (χ4v) is 0.739. The maximum Gasteiger partial charge on any atom is 0.0280 e. The van der Waals surface area contributed by atoms with Crippen LogP contribution >= 0.6 is 24.8 Å². The van der Waals surface area contributed by atoms with E-state index in [-0.39, 0.29) is 24.8 Å². The van der Waals surface area contributed by atoms with E-state index in [9.17, 15) is 0 Å². The van der Waals surface area contributed by atoms with Crippen LogP contribution in [0.5, 0.6) is 0 Å². The second-order valence-electron chi connectivity index (χ2n) is 2.69. The monoisotopic (exact) mass is 172 g/mol. The van der Waals surface area contributed by atoms with Crippen molar-refractivity contribution in [1.29, 1.82) is 0 Å². The lowest BCUT2D eigenvalue weighted by Gasteiger charge is -2.14. The first-order chi connectivity index (χ1) is 3.21. The standard InChI is InChI=1S/C5H12N2.2ClH/c1-5(2)3-4-6-7-5;;/h6-7H,3-4H2,1-2H3;2*1H. The van der Waals surface area contributed by atoms with Crippen molar-refractivity contribution < 1.29 is 0 Å². The largest absolute Gasteiger partial charge is 0.257 e. The first kappa shape index (κ1) is 12.2. The van der Waals surface area contributed by atoms with Crippen LogP contribution < -0.4 is 10.9 Å². The number of hydrogen-bond acceptors (Lipinski definition) is 2. The predicted octanol–water partition coefficient (Wildman–Crippen LogP) is 1.11. The predicted molar refractivity (Wildman–Crippen MR) is 44.3 cm³/mol. The zero-order valence-electron chi connectivity index (χ0n) is 5.73. The molecule has 0 saturated carbocycles. The first-order valence-corrected chi connectivity index (χ1v) is 2.71. The third-order valence-corrected chi connectivity index (χ3v) is 1.30. The molecule has 0 aromatic rings. The molecule has 0 radical (unpaired) electrons. The molecule has 0 amide bonds. The molecule has 0 unspecified atom stereocenters. The van der Waals surface area contributed by atoms with Gasteiger partial charge in [-0.2, -0.15) is 0 Å². The molecule has 0 aromatic heterocycles. The van der Waals surface area contributed by atoms with Crippen LogP contribution in [0.3, 0.4) is 0 Å². The second kappa shape index (κ2) is 4.34. The van der Waals surface area contributed by atoms with Gasteiger partial charge in [0, 0.05) is 12.1 Å². The summed E-state index contributed by atoms with van der Waals surface area (Å²) < 4.78 is 0. The van der Waals surface area contributed by atoms with Crippen LogP contribution in [0.2, 0.25) is 0 Å². The summed E-state index contributed by atoms with van der Waals surface area (Å²) in [5.74, 6) is 0. The lowest BCUT2D eigenvalue weighted by atomic mass is 10.0. The molecule has 1 rings (SSSR count). The molecular weight excluding hydrogens is 159 g/mol. The summed E-state index contributed by atoms with van der Waals surface area (Å²) >= 11 is 0. The summed E-state index contributed by atoms with van der Waals surface area (Å²) in [6, 6.07) is 0. The van der Waals surface area contributed by atoms with Gasteiger partial charge in [0.15, 0.2) is 0 Å². The molecule has 2 N–H and O–H groups in total. The van der Waals surface area contributed by atoms with Gasteiger partial charge in [-0.25, -0.2) is 0 Å². The average Bonchev–Trinajstić information content (AvgIpc) is 1.84. The van der Waals surface area contributed by atoms with Gasteiger partial charge in [-0.05, 0) is 20.3 Å². The normalized spacial score (nSPS) is 22.0. The number of rotatable bonds is 0. The van der Waals surface area contributed by atoms with Crippen LogP contribution in [-0.4, -0.2) is 12.1 Å². The van der Waals surface area contributed by atoms with Gasteiger partial charge in [0.05, 0.1) is 0 Å². The van der Waals surface area contributed by atoms with Gasteiger partial charge in [-0.1, -0.05) is 0 Å².